The van der Waals surface area contributed by atoms with Gasteiger partial charge in [-0.3, -0.25) is 4.79 Å². The van der Waals surface area contributed by atoms with Gasteiger partial charge < -0.3 is 9.73 Å². The van der Waals surface area contributed by atoms with Crippen molar-refractivity contribution in [1.29, 1.82) is 0 Å². The van der Waals surface area contributed by atoms with Gasteiger partial charge in [-0.2, -0.15) is 0 Å². The number of carbonyl (C=O) groups is 1. The molecule has 0 aliphatic heterocycles. The van der Waals surface area contributed by atoms with E-state index in [4.69, 9.17) is 27.6 Å². The zero-order valence-electron chi connectivity index (χ0n) is 9.54. The van der Waals surface area contributed by atoms with Gasteiger partial charge in [0.15, 0.2) is 6.39 Å². The molecule has 0 spiro atoms. The fourth-order valence-corrected chi connectivity index (χ4v) is 2.00. The van der Waals surface area contributed by atoms with Crippen molar-refractivity contribution >= 4 is 34.8 Å². The highest BCUT2D eigenvalue weighted by molar-refractivity contribution is 6.35. The Morgan fingerprint density at radius 3 is 2.56 bits per heavy atom. The zero-order chi connectivity index (χ0) is 13.1. The Labute approximate surface area is 114 Å². The molecule has 0 saturated carbocycles. The minimum absolute atomic E-state index is 0.121. The summed E-state index contributed by atoms with van der Waals surface area (Å²) < 4.78 is 5.10. The predicted octanol–water partition coefficient (Wildman–Crippen LogP) is 3.47. The third-order valence-corrected chi connectivity index (χ3v) is 2.75. The lowest BCUT2D eigenvalue weighted by atomic mass is 10.2. The molecule has 1 N–H and O–H groups in total. The van der Waals surface area contributed by atoms with Crippen molar-refractivity contribution < 1.29 is 9.21 Å². The van der Waals surface area contributed by atoms with Gasteiger partial charge >= 0.3 is 0 Å². The van der Waals surface area contributed by atoms with Crippen LogP contribution in [0.25, 0.3) is 0 Å². The van der Waals surface area contributed by atoms with Crippen LogP contribution in [0.1, 0.15) is 11.5 Å². The summed E-state index contributed by atoms with van der Waals surface area (Å²) in [6.07, 6.45) is 1.43. The SMILES string of the molecule is Cc1ncoc1CC(=O)Nc1cc(Cl)cc(Cl)c1. The summed E-state index contributed by atoms with van der Waals surface area (Å²) in [6.45, 7) is 1.78. The fourth-order valence-electron chi connectivity index (χ4n) is 1.47. The summed E-state index contributed by atoms with van der Waals surface area (Å²) in [5, 5.41) is 3.63. The van der Waals surface area contributed by atoms with Gasteiger partial charge in [-0.05, 0) is 25.1 Å². The number of hydrogen-bond donors (Lipinski definition) is 1. The van der Waals surface area contributed by atoms with E-state index in [1.165, 1.54) is 6.39 Å². The van der Waals surface area contributed by atoms with Crippen LogP contribution in [0.4, 0.5) is 5.69 Å². The van der Waals surface area contributed by atoms with Crippen molar-refractivity contribution in [2.75, 3.05) is 5.32 Å². The molecule has 0 saturated heterocycles. The number of aryl methyl sites for hydroxylation is 1. The van der Waals surface area contributed by atoms with Gasteiger partial charge in [-0.15, -0.1) is 0 Å². The normalized spacial score (nSPS) is 10.4. The second-order valence-electron chi connectivity index (χ2n) is 3.74. The Balaban J connectivity index is 2.05. The molecular formula is C12H10Cl2N2O2. The molecule has 1 amide bonds. The van der Waals surface area contributed by atoms with E-state index in [2.05, 4.69) is 10.3 Å². The fraction of sp³-hybridized carbons (Fsp3) is 0.167. The maximum absolute atomic E-state index is 11.8. The molecule has 1 aromatic carbocycles. The molecule has 0 unspecified atom stereocenters. The molecule has 0 aliphatic carbocycles. The van der Waals surface area contributed by atoms with Gasteiger partial charge in [0.05, 0.1) is 12.1 Å². The van der Waals surface area contributed by atoms with Crippen molar-refractivity contribution in [2.24, 2.45) is 0 Å². The lowest BCUT2D eigenvalue weighted by molar-refractivity contribution is -0.115. The summed E-state index contributed by atoms with van der Waals surface area (Å²) in [5.74, 6) is 0.328. The Bertz CT molecular complexity index is 561. The maximum atomic E-state index is 11.8. The highest BCUT2D eigenvalue weighted by Gasteiger charge is 2.10. The van der Waals surface area contributed by atoms with Crippen LogP contribution in [0.2, 0.25) is 10.0 Å². The first-order valence-electron chi connectivity index (χ1n) is 5.19. The number of nitrogens with one attached hydrogen (secondary N) is 1. The molecule has 1 aromatic heterocycles. The van der Waals surface area contributed by atoms with Crippen LogP contribution >= 0.6 is 23.2 Å². The topological polar surface area (TPSA) is 55.1 Å². The van der Waals surface area contributed by atoms with Crippen LogP contribution in [-0.2, 0) is 11.2 Å². The standard InChI is InChI=1S/C12H10Cl2N2O2/c1-7-11(18-6-15-7)5-12(17)16-10-3-8(13)2-9(14)4-10/h2-4,6H,5H2,1H3,(H,16,17). The molecule has 2 aromatic rings. The smallest absolute Gasteiger partial charge is 0.232 e. The molecule has 0 fully saturated rings. The second kappa shape index (κ2) is 5.42. The number of hydrogen-bond acceptors (Lipinski definition) is 3. The quantitative estimate of drug-likeness (QED) is 0.939. The van der Waals surface area contributed by atoms with Crippen LogP contribution in [0.5, 0.6) is 0 Å². The number of benzene rings is 1. The molecule has 1 heterocycles. The van der Waals surface area contributed by atoms with Gasteiger partial charge in [0.25, 0.3) is 0 Å². The third kappa shape index (κ3) is 3.24. The molecule has 94 valence electrons. The highest BCUT2D eigenvalue weighted by Crippen LogP contribution is 2.22. The number of nitrogens with zero attached hydrogens (tertiary/aromatic N) is 1. The number of carbonyl (C=O) groups excluding carboxylic acids is 1. The second-order valence-corrected chi connectivity index (χ2v) is 4.62. The van der Waals surface area contributed by atoms with E-state index < -0.39 is 0 Å². The van der Waals surface area contributed by atoms with Crippen LogP contribution < -0.4 is 5.32 Å². The third-order valence-electron chi connectivity index (χ3n) is 2.31. The Kier molecular flexibility index (Phi) is 3.89. The Morgan fingerprint density at radius 2 is 2.00 bits per heavy atom. The molecule has 0 atom stereocenters. The summed E-state index contributed by atoms with van der Waals surface area (Å²) in [4.78, 5) is 15.7. The van der Waals surface area contributed by atoms with Crippen LogP contribution in [-0.4, -0.2) is 10.9 Å². The maximum Gasteiger partial charge on any atom is 0.232 e. The molecular weight excluding hydrogens is 275 g/mol. The number of oxazole rings is 1. The summed E-state index contributed by atoms with van der Waals surface area (Å²) in [6, 6.07) is 4.84. The Hall–Kier alpha value is -1.52. The van der Waals surface area contributed by atoms with E-state index in [-0.39, 0.29) is 12.3 Å². The predicted molar refractivity (Wildman–Crippen MR) is 70.0 cm³/mol. The van der Waals surface area contributed by atoms with Crippen LogP contribution in [0.15, 0.2) is 29.0 Å². The molecule has 0 aliphatic rings. The summed E-state index contributed by atoms with van der Waals surface area (Å²) in [7, 11) is 0. The van der Waals surface area contributed by atoms with Crippen molar-refractivity contribution in [3.8, 4) is 0 Å². The van der Waals surface area contributed by atoms with Crippen molar-refractivity contribution in [3.05, 3.63) is 46.1 Å². The number of anilines is 1. The summed E-state index contributed by atoms with van der Waals surface area (Å²) >= 11 is 11.7. The highest BCUT2D eigenvalue weighted by atomic mass is 35.5. The van der Waals surface area contributed by atoms with E-state index in [0.29, 0.717) is 27.2 Å². The molecule has 4 nitrogen and oxygen atoms in total. The average molecular weight is 285 g/mol. The lowest BCUT2D eigenvalue weighted by Gasteiger charge is -2.05. The van der Waals surface area contributed by atoms with Crippen LogP contribution in [0.3, 0.4) is 0 Å². The zero-order valence-corrected chi connectivity index (χ0v) is 11.0. The molecule has 2 rings (SSSR count). The number of halogens is 2. The van der Waals surface area contributed by atoms with Crippen molar-refractivity contribution in [1.82, 2.24) is 4.98 Å². The lowest BCUT2D eigenvalue weighted by Crippen LogP contribution is -2.14. The van der Waals surface area contributed by atoms with E-state index in [9.17, 15) is 4.79 Å². The number of amides is 1. The van der Waals surface area contributed by atoms with E-state index in [0.717, 1.165) is 0 Å². The first kappa shape index (κ1) is 12.9. The van der Waals surface area contributed by atoms with Crippen molar-refractivity contribution in [3.63, 3.8) is 0 Å². The van der Waals surface area contributed by atoms with E-state index in [1.807, 2.05) is 0 Å². The Morgan fingerprint density at radius 1 is 1.33 bits per heavy atom. The van der Waals surface area contributed by atoms with Crippen molar-refractivity contribution in [2.45, 2.75) is 13.3 Å². The average Bonchev–Trinajstić information content (AvgIpc) is 2.62. The first-order chi connectivity index (χ1) is 8.54. The molecule has 6 heteroatoms. The largest absolute Gasteiger partial charge is 0.448 e. The van der Waals surface area contributed by atoms with E-state index >= 15 is 0 Å². The molecule has 0 radical (unpaired) electrons. The molecule has 18 heavy (non-hydrogen) atoms. The van der Waals surface area contributed by atoms with Gasteiger partial charge in [0, 0.05) is 15.7 Å². The van der Waals surface area contributed by atoms with Gasteiger partial charge in [0.2, 0.25) is 5.91 Å². The minimum atomic E-state index is -0.215. The first-order valence-corrected chi connectivity index (χ1v) is 5.95. The number of rotatable bonds is 3. The van der Waals surface area contributed by atoms with Crippen LogP contribution in [0, 0.1) is 6.92 Å². The van der Waals surface area contributed by atoms with E-state index in [1.54, 1.807) is 25.1 Å². The van der Waals surface area contributed by atoms with Gasteiger partial charge in [-0.1, -0.05) is 23.2 Å². The molecule has 0 bridgehead atoms. The van der Waals surface area contributed by atoms with Gasteiger partial charge in [0.1, 0.15) is 5.76 Å². The minimum Gasteiger partial charge on any atom is -0.448 e. The summed E-state index contributed by atoms with van der Waals surface area (Å²) in [5.41, 5.74) is 1.25. The number of aromatic nitrogens is 1. The monoisotopic (exact) mass is 284 g/mol. The van der Waals surface area contributed by atoms with Gasteiger partial charge in [-0.25, -0.2) is 4.98 Å².